The Bertz CT molecular complexity index is 949. The molecule has 1 aliphatic heterocycles. The largest absolute Gasteiger partial charge is 0.454 e. The van der Waals surface area contributed by atoms with Crippen molar-refractivity contribution >= 4 is 35.0 Å². The van der Waals surface area contributed by atoms with Crippen molar-refractivity contribution in [1.29, 1.82) is 0 Å². The SMILES string of the molecule is CC(C)CC(NC(=O)c1ccc(Cl)cc1Cl)C(=O)N(C)Cc1ccc2c(c1)OCO2. The second-order valence-electron chi connectivity index (χ2n) is 7.66. The van der Waals surface area contributed by atoms with Crippen LogP contribution in [0.2, 0.25) is 10.0 Å². The molecule has 2 aromatic rings. The Labute approximate surface area is 186 Å². The van der Waals surface area contributed by atoms with E-state index >= 15 is 0 Å². The molecule has 0 saturated heterocycles. The van der Waals surface area contributed by atoms with E-state index in [-0.39, 0.29) is 29.2 Å². The van der Waals surface area contributed by atoms with Crippen LogP contribution < -0.4 is 14.8 Å². The maximum absolute atomic E-state index is 13.1. The third-order valence-corrected chi connectivity index (χ3v) is 5.27. The summed E-state index contributed by atoms with van der Waals surface area (Å²) in [7, 11) is 1.71. The molecule has 0 aromatic heterocycles. The van der Waals surface area contributed by atoms with Gasteiger partial charge in [-0.05, 0) is 48.2 Å². The van der Waals surface area contributed by atoms with Gasteiger partial charge in [0.25, 0.3) is 5.91 Å². The predicted molar refractivity (Wildman–Crippen MR) is 116 cm³/mol. The number of nitrogens with zero attached hydrogens (tertiary/aromatic N) is 1. The van der Waals surface area contributed by atoms with E-state index in [4.69, 9.17) is 32.7 Å². The molecule has 8 heteroatoms. The number of carbonyl (C=O) groups excluding carboxylic acids is 2. The second kappa shape index (κ2) is 9.58. The minimum Gasteiger partial charge on any atom is -0.454 e. The van der Waals surface area contributed by atoms with Crippen LogP contribution in [0.25, 0.3) is 0 Å². The fourth-order valence-corrected chi connectivity index (χ4v) is 3.75. The lowest BCUT2D eigenvalue weighted by atomic mass is 10.0. The van der Waals surface area contributed by atoms with Gasteiger partial charge in [0.05, 0.1) is 10.6 Å². The molecule has 0 fully saturated rings. The first kappa shape index (κ1) is 22.2. The number of amides is 2. The molecule has 0 spiro atoms. The number of carbonyl (C=O) groups is 2. The minimum absolute atomic E-state index is 0.181. The molecule has 1 unspecified atom stereocenters. The summed E-state index contributed by atoms with van der Waals surface area (Å²) in [6.07, 6.45) is 0.501. The summed E-state index contributed by atoms with van der Waals surface area (Å²) in [6, 6.07) is 9.54. The van der Waals surface area contributed by atoms with Crippen LogP contribution in [0.15, 0.2) is 36.4 Å². The number of ether oxygens (including phenoxy) is 2. The molecule has 160 valence electrons. The first-order chi connectivity index (χ1) is 14.2. The Morgan fingerprint density at radius 2 is 1.83 bits per heavy atom. The standard InChI is InChI=1S/C22H24Cl2N2O4/c1-13(2)8-18(25-21(27)16-6-5-15(23)10-17(16)24)22(28)26(3)11-14-4-7-19-20(9-14)30-12-29-19/h4-7,9-10,13,18H,8,11-12H2,1-3H3,(H,25,27). The van der Waals surface area contributed by atoms with Crippen molar-refractivity contribution in [2.24, 2.45) is 5.92 Å². The van der Waals surface area contributed by atoms with Gasteiger partial charge in [0, 0.05) is 18.6 Å². The second-order valence-corrected chi connectivity index (χ2v) is 8.51. The third kappa shape index (κ3) is 5.37. The highest BCUT2D eigenvalue weighted by atomic mass is 35.5. The molecule has 1 N–H and O–H groups in total. The highest BCUT2D eigenvalue weighted by Crippen LogP contribution is 2.32. The van der Waals surface area contributed by atoms with E-state index in [1.165, 1.54) is 6.07 Å². The predicted octanol–water partition coefficient (Wildman–Crippen LogP) is 4.53. The maximum atomic E-state index is 13.1. The number of hydrogen-bond acceptors (Lipinski definition) is 4. The van der Waals surface area contributed by atoms with Gasteiger partial charge < -0.3 is 19.7 Å². The zero-order chi connectivity index (χ0) is 21.8. The molecule has 0 saturated carbocycles. The lowest BCUT2D eigenvalue weighted by molar-refractivity contribution is -0.132. The molecule has 3 rings (SSSR count). The van der Waals surface area contributed by atoms with Crippen LogP contribution in [0.5, 0.6) is 11.5 Å². The maximum Gasteiger partial charge on any atom is 0.253 e. The topological polar surface area (TPSA) is 67.9 Å². The Morgan fingerprint density at radius 1 is 1.10 bits per heavy atom. The number of nitrogens with one attached hydrogen (secondary N) is 1. The minimum atomic E-state index is -0.678. The van der Waals surface area contributed by atoms with E-state index in [1.807, 2.05) is 32.0 Å². The molecule has 1 heterocycles. The van der Waals surface area contributed by atoms with E-state index in [0.717, 1.165) is 5.56 Å². The van der Waals surface area contributed by atoms with E-state index in [1.54, 1.807) is 24.1 Å². The smallest absolute Gasteiger partial charge is 0.253 e. The summed E-state index contributed by atoms with van der Waals surface area (Å²) in [5.41, 5.74) is 1.19. The number of halogens is 2. The van der Waals surface area contributed by atoms with Crippen molar-refractivity contribution in [3.63, 3.8) is 0 Å². The lowest BCUT2D eigenvalue weighted by Gasteiger charge is -2.26. The van der Waals surface area contributed by atoms with Crippen molar-refractivity contribution in [3.05, 3.63) is 57.6 Å². The Balaban J connectivity index is 1.71. The molecule has 30 heavy (non-hydrogen) atoms. The summed E-state index contributed by atoms with van der Waals surface area (Å²) in [5.74, 6) is 0.973. The third-order valence-electron chi connectivity index (χ3n) is 4.72. The van der Waals surface area contributed by atoms with Crippen LogP contribution in [0.3, 0.4) is 0 Å². The summed E-state index contributed by atoms with van der Waals surface area (Å²) >= 11 is 12.1. The van der Waals surface area contributed by atoms with Gasteiger partial charge in [-0.3, -0.25) is 9.59 Å². The van der Waals surface area contributed by atoms with E-state index in [0.29, 0.717) is 29.5 Å². The van der Waals surface area contributed by atoms with Crippen molar-refractivity contribution in [2.45, 2.75) is 32.9 Å². The van der Waals surface area contributed by atoms with Gasteiger partial charge in [-0.25, -0.2) is 0 Å². The number of benzene rings is 2. The number of likely N-dealkylation sites (N-methyl/N-ethyl adjacent to an activating group) is 1. The van der Waals surface area contributed by atoms with Gasteiger partial charge in [0.15, 0.2) is 11.5 Å². The molecule has 6 nitrogen and oxygen atoms in total. The normalized spacial score (nSPS) is 13.3. The fourth-order valence-electron chi connectivity index (χ4n) is 3.26. The van der Waals surface area contributed by atoms with Crippen molar-refractivity contribution in [1.82, 2.24) is 10.2 Å². The molecule has 1 atom stereocenters. The number of hydrogen-bond donors (Lipinski definition) is 1. The quantitative estimate of drug-likeness (QED) is 0.672. The van der Waals surface area contributed by atoms with E-state index in [9.17, 15) is 9.59 Å². The molecule has 1 aliphatic rings. The fraction of sp³-hybridized carbons (Fsp3) is 0.364. The molecule has 0 aliphatic carbocycles. The van der Waals surface area contributed by atoms with Gasteiger partial charge >= 0.3 is 0 Å². The highest BCUT2D eigenvalue weighted by Gasteiger charge is 2.26. The molecular weight excluding hydrogens is 427 g/mol. The van der Waals surface area contributed by atoms with Crippen LogP contribution in [-0.4, -0.2) is 36.6 Å². The molecule has 0 bridgehead atoms. The van der Waals surface area contributed by atoms with Crippen molar-refractivity contribution in [3.8, 4) is 11.5 Å². The Hall–Kier alpha value is -2.44. The van der Waals surface area contributed by atoms with Crippen LogP contribution in [0, 0.1) is 5.92 Å². The number of rotatable bonds is 7. The Morgan fingerprint density at radius 3 is 2.53 bits per heavy atom. The van der Waals surface area contributed by atoms with Gasteiger partial charge in [0.1, 0.15) is 6.04 Å². The monoisotopic (exact) mass is 450 g/mol. The van der Waals surface area contributed by atoms with Gasteiger partial charge in [0.2, 0.25) is 12.7 Å². The lowest BCUT2D eigenvalue weighted by Crippen LogP contribution is -2.47. The first-order valence-electron chi connectivity index (χ1n) is 9.64. The summed E-state index contributed by atoms with van der Waals surface area (Å²) in [5, 5.41) is 3.51. The Kier molecular flexibility index (Phi) is 7.10. The van der Waals surface area contributed by atoms with Crippen LogP contribution >= 0.6 is 23.2 Å². The summed E-state index contributed by atoms with van der Waals surface area (Å²) in [4.78, 5) is 27.5. The zero-order valence-electron chi connectivity index (χ0n) is 17.1. The number of fused-ring (bicyclic) bond motifs is 1. The van der Waals surface area contributed by atoms with Gasteiger partial charge in [-0.15, -0.1) is 0 Å². The summed E-state index contributed by atoms with van der Waals surface area (Å²) < 4.78 is 10.7. The molecule has 2 amide bonds. The van der Waals surface area contributed by atoms with Crippen molar-refractivity contribution in [2.75, 3.05) is 13.8 Å². The molecule has 0 radical (unpaired) electrons. The molecular formula is C22H24Cl2N2O4. The highest BCUT2D eigenvalue weighted by molar-refractivity contribution is 6.36. The van der Waals surface area contributed by atoms with E-state index in [2.05, 4.69) is 5.32 Å². The van der Waals surface area contributed by atoms with Crippen LogP contribution in [0.1, 0.15) is 36.2 Å². The van der Waals surface area contributed by atoms with Gasteiger partial charge in [-0.1, -0.05) is 43.1 Å². The zero-order valence-corrected chi connectivity index (χ0v) is 18.6. The first-order valence-corrected chi connectivity index (χ1v) is 10.4. The molecule has 2 aromatic carbocycles. The van der Waals surface area contributed by atoms with Crippen LogP contribution in [-0.2, 0) is 11.3 Å². The average molecular weight is 451 g/mol. The van der Waals surface area contributed by atoms with E-state index < -0.39 is 11.9 Å². The summed E-state index contributed by atoms with van der Waals surface area (Å²) in [6.45, 7) is 4.57. The van der Waals surface area contributed by atoms with Gasteiger partial charge in [-0.2, -0.15) is 0 Å². The van der Waals surface area contributed by atoms with Crippen molar-refractivity contribution < 1.29 is 19.1 Å². The average Bonchev–Trinajstić information content (AvgIpc) is 3.14. The van der Waals surface area contributed by atoms with Crippen LogP contribution in [0.4, 0.5) is 0 Å².